The molecule has 1 aromatic heterocycles. The molecule has 0 radical (unpaired) electrons. The summed E-state index contributed by atoms with van der Waals surface area (Å²) in [6.07, 6.45) is 1.60. The summed E-state index contributed by atoms with van der Waals surface area (Å²) in [6, 6.07) is 14.3. The van der Waals surface area contributed by atoms with Crippen molar-refractivity contribution in [3.8, 4) is 0 Å². The van der Waals surface area contributed by atoms with Crippen LogP contribution in [0.15, 0.2) is 65.7 Å². The van der Waals surface area contributed by atoms with Gasteiger partial charge in [0.05, 0.1) is 11.6 Å². The monoisotopic (exact) mass is 418 g/mol. The molecule has 2 heterocycles. The van der Waals surface area contributed by atoms with E-state index in [2.05, 4.69) is 18.8 Å². The summed E-state index contributed by atoms with van der Waals surface area (Å²) in [5, 5.41) is 13.2. The number of carbonyl (C=O) groups excluding carboxylic acids is 2. The van der Waals surface area contributed by atoms with Gasteiger partial charge in [0, 0.05) is 17.1 Å². The molecule has 30 heavy (non-hydrogen) atoms. The summed E-state index contributed by atoms with van der Waals surface area (Å²) < 4.78 is 0. The number of hydrogen-bond acceptors (Lipinski definition) is 5. The highest BCUT2D eigenvalue weighted by Crippen LogP contribution is 2.42. The molecule has 1 fully saturated rings. The molecule has 0 spiro atoms. The van der Waals surface area contributed by atoms with Gasteiger partial charge in [0.15, 0.2) is 5.13 Å². The average Bonchev–Trinajstić information content (AvgIpc) is 3.35. The second-order valence-electron chi connectivity index (χ2n) is 7.67. The summed E-state index contributed by atoms with van der Waals surface area (Å²) in [5.74, 6) is -1.21. The van der Waals surface area contributed by atoms with Crippen molar-refractivity contribution in [3.05, 3.63) is 87.9 Å². The summed E-state index contributed by atoms with van der Waals surface area (Å²) in [4.78, 5) is 31.6. The predicted molar refractivity (Wildman–Crippen MR) is 119 cm³/mol. The van der Waals surface area contributed by atoms with E-state index in [1.807, 2.05) is 43.3 Å². The van der Waals surface area contributed by atoms with E-state index in [1.54, 1.807) is 23.7 Å². The summed E-state index contributed by atoms with van der Waals surface area (Å²) in [5.41, 5.74) is 3.53. The minimum Gasteiger partial charge on any atom is -0.507 e. The third-order valence-corrected chi connectivity index (χ3v) is 6.08. The first-order chi connectivity index (χ1) is 14.4. The van der Waals surface area contributed by atoms with Gasteiger partial charge < -0.3 is 5.11 Å². The molecular formula is C24H22N2O3S. The van der Waals surface area contributed by atoms with Crippen LogP contribution in [0.25, 0.3) is 5.76 Å². The fourth-order valence-electron chi connectivity index (χ4n) is 3.61. The number of aliphatic hydroxyl groups is 1. The smallest absolute Gasteiger partial charge is 0.301 e. The Morgan fingerprint density at radius 1 is 1.07 bits per heavy atom. The van der Waals surface area contributed by atoms with Crippen molar-refractivity contribution in [2.24, 2.45) is 0 Å². The Morgan fingerprint density at radius 2 is 1.73 bits per heavy atom. The molecule has 0 aliphatic carbocycles. The quantitative estimate of drug-likeness (QED) is 0.359. The van der Waals surface area contributed by atoms with Crippen LogP contribution in [0.3, 0.4) is 0 Å². The first-order valence-electron chi connectivity index (χ1n) is 9.76. The zero-order chi connectivity index (χ0) is 21.4. The fraction of sp³-hybridized carbons (Fsp3) is 0.208. The average molecular weight is 419 g/mol. The topological polar surface area (TPSA) is 70.5 Å². The molecule has 2 aromatic carbocycles. The number of hydrogen-bond donors (Lipinski definition) is 1. The number of benzene rings is 2. The molecule has 0 bridgehead atoms. The van der Waals surface area contributed by atoms with Crippen LogP contribution >= 0.6 is 11.3 Å². The number of thiazole rings is 1. The van der Waals surface area contributed by atoms with Crippen LogP contribution in [-0.4, -0.2) is 21.8 Å². The summed E-state index contributed by atoms with van der Waals surface area (Å²) >= 11 is 1.28. The molecule has 1 amide bonds. The van der Waals surface area contributed by atoms with E-state index in [-0.39, 0.29) is 11.3 Å². The van der Waals surface area contributed by atoms with Crippen molar-refractivity contribution in [2.45, 2.75) is 32.7 Å². The van der Waals surface area contributed by atoms with Gasteiger partial charge in [-0.3, -0.25) is 14.5 Å². The molecule has 4 rings (SSSR count). The van der Waals surface area contributed by atoms with Crippen LogP contribution in [0.1, 0.15) is 48.1 Å². The highest BCUT2D eigenvalue weighted by molar-refractivity contribution is 7.14. The maximum Gasteiger partial charge on any atom is 0.301 e. The van der Waals surface area contributed by atoms with Crippen molar-refractivity contribution in [1.82, 2.24) is 4.98 Å². The van der Waals surface area contributed by atoms with Gasteiger partial charge >= 0.3 is 5.91 Å². The minimum absolute atomic E-state index is 0.0800. The molecule has 1 aliphatic rings. The number of aryl methyl sites for hydroxylation is 1. The Morgan fingerprint density at radius 3 is 2.30 bits per heavy atom. The van der Waals surface area contributed by atoms with Gasteiger partial charge in [0.2, 0.25) is 0 Å². The molecular weight excluding hydrogens is 396 g/mol. The Balaban J connectivity index is 1.90. The van der Waals surface area contributed by atoms with Gasteiger partial charge in [-0.25, -0.2) is 4.98 Å². The van der Waals surface area contributed by atoms with Gasteiger partial charge in [0.1, 0.15) is 5.76 Å². The second-order valence-corrected chi connectivity index (χ2v) is 8.54. The Labute approximate surface area is 179 Å². The molecule has 0 saturated carbocycles. The molecule has 6 heteroatoms. The maximum atomic E-state index is 13.0. The lowest BCUT2D eigenvalue weighted by atomic mass is 9.93. The van der Waals surface area contributed by atoms with E-state index < -0.39 is 17.7 Å². The number of aliphatic hydroxyl groups excluding tert-OH is 1. The number of carbonyl (C=O) groups is 2. The Bertz CT molecular complexity index is 1110. The Hall–Kier alpha value is -3.25. The zero-order valence-corrected chi connectivity index (χ0v) is 17.8. The van der Waals surface area contributed by atoms with Gasteiger partial charge in [-0.05, 0) is 24.0 Å². The molecule has 1 aliphatic heterocycles. The molecule has 1 N–H and O–H groups in total. The van der Waals surface area contributed by atoms with E-state index in [0.717, 1.165) is 16.7 Å². The summed E-state index contributed by atoms with van der Waals surface area (Å²) in [7, 11) is 0. The van der Waals surface area contributed by atoms with Crippen molar-refractivity contribution >= 4 is 33.9 Å². The van der Waals surface area contributed by atoms with E-state index in [0.29, 0.717) is 16.6 Å². The lowest BCUT2D eigenvalue weighted by Gasteiger charge is -2.23. The standard InChI is InChI=1S/C24H22N2O3S/c1-14(2)16-8-10-17(11-9-16)20-19(21(27)18-6-4-15(3)5-7-18)22(28)23(29)26(20)24-25-12-13-30-24/h4-14,20,27H,1-3H3/t20-/m0/s1. The molecule has 1 saturated heterocycles. The summed E-state index contributed by atoms with van der Waals surface area (Å²) in [6.45, 7) is 6.16. The minimum atomic E-state index is -0.737. The first-order valence-corrected chi connectivity index (χ1v) is 10.6. The lowest BCUT2D eigenvalue weighted by Crippen LogP contribution is -2.29. The number of ketones is 1. The van der Waals surface area contributed by atoms with Gasteiger partial charge in [-0.1, -0.05) is 67.9 Å². The zero-order valence-electron chi connectivity index (χ0n) is 17.0. The third kappa shape index (κ3) is 3.44. The third-order valence-electron chi connectivity index (χ3n) is 5.31. The van der Waals surface area contributed by atoms with Crippen LogP contribution in [0, 0.1) is 6.92 Å². The number of amides is 1. The van der Waals surface area contributed by atoms with Crippen LogP contribution < -0.4 is 4.90 Å². The van der Waals surface area contributed by atoms with Gasteiger partial charge in [0.25, 0.3) is 5.78 Å². The first kappa shape index (κ1) is 20.0. The van der Waals surface area contributed by atoms with Crippen LogP contribution in [0.2, 0.25) is 0 Å². The molecule has 152 valence electrons. The van der Waals surface area contributed by atoms with Gasteiger partial charge in [-0.15, -0.1) is 11.3 Å². The fourth-order valence-corrected chi connectivity index (χ4v) is 4.28. The van der Waals surface area contributed by atoms with Crippen LogP contribution in [-0.2, 0) is 9.59 Å². The van der Waals surface area contributed by atoms with E-state index >= 15 is 0 Å². The van der Waals surface area contributed by atoms with E-state index in [9.17, 15) is 14.7 Å². The molecule has 0 unspecified atom stereocenters. The number of anilines is 1. The van der Waals surface area contributed by atoms with E-state index in [1.165, 1.54) is 16.2 Å². The Kier molecular flexibility index (Phi) is 5.26. The number of nitrogens with zero attached hydrogens (tertiary/aromatic N) is 2. The highest BCUT2D eigenvalue weighted by atomic mass is 32.1. The predicted octanol–water partition coefficient (Wildman–Crippen LogP) is 5.20. The molecule has 5 nitrogen and oxygen atoms in total. The number of rotatable bonds is 4. The van der Waals surface area contributed by atoms with E-state index in [4.69, 9.17) is 0 Å². The van der Waals surface area contributed by atoms with Crippen molar-refractivity contribution in [3.63, 3.8) is 0 Å². The van der Waals surface area contributed by atoms with Gasteiger partial charge in [-0.2, -0.15) is 0 Å². The SMILES string of the molecule is Cc1ccc(C(O)=C2C(=O)C(=O)N(c3nccs3)[C@H]2c2ccc(C(C)C)cc2)cc1. The van der Waals surface area contributed by atoms with Crippen molar-refractivity contribution in [2.75, 3.05) is 4.90 Å². The maximum absolute atomic E-state index is 13.0. The van der Waals surface area contributed by atoms with Crippen molar-refractivity contribution < 1.29 is 14.7 Å². The number of aromatic nitrogens is 1. The van der Waals surface area contributed by atoms with Crippen molar-refractivity contribution in [1.29, 1.82) is 0 Å². The number of Topliss-reactive ketones (excluding diaryl/α,β-unsaturated/α-hetero) is 1. The highest BCUT2D eigenvalue weighted by Gasteiger charge is 2.47. The molecule has 1 atom stereocenters. The van der Waals surface area contributed by atoms with Crippen LogP contribution in [0.4, 0.5) is 5.13 Å². The normalized spacial score (nSPS) is 18.4. The van der Waals surface area contributed by atoms with Crippen LogP contribution in [0.5, 0.6) is 0 Å². The lowest BCUT2D eigenvalue weighted by molar-refractivity contribution is -0.132. The second kappa shape index (κ2) is 7.88. The molecule has 3 aromatic rings. The largest absolute Gasteiger partial charge is 0.507 e.